The predicted molar refractivity (Wildman–Crippen MR) is 58.6 cm³/mol. The zero-order valence-corrected chi connectivity index (χ0v) is 9.36. The van der Waals surface area contributed by atoms with Gasteiger partial charge in [-0.1, -0.05) is 29.8 Å². The molecule has 0 spiro atoms. The van der Waals surface area contributed by atoms with Gasteiger partial charge in [-0.2, -0.15) is 0 Å². The summed E-state index contributed by atoms with van der Waals surface area (Å²) in [7, 11) is 1.62. The first-order valence-electron chi connectivity index (χ1n) is 4.09. The van der Waals surface area contributed by atoms with Crippen LogP contribution in [0.25, 0.3) is 0 Å². The van der Waals surface area contributed by atoms with Crippen molar-refractivity contribution in [3.8, 4) is 0 Å². The van der Waals surface area contributed by atoms with Crippen LogP contribution in [0.1, 0.15) is 5.56 Å². The smallest absolute Gasteiger partial charge is 0.140 e. The fraction of sp³-hybridized carbons (Fsp3) is 0.400. The number of ether oxygens (including phenoxy) is 1. The van der Waals surface area contributed by atoms with Crippen molar-refractivity contribution in [3.05, 3.63) is 29.8 Å². The van der Waals surface area contributed by atoms with Gasteiger partial charge < -0.3 is 4.74 Å². The lowest BCUT2D eigenvalue weighted by atomic mass is 10.2. The predicted octanol–water partition coefficient (Wildman–Crippen LogP) is 3.30. The van der Waals surface area contributed by atoms with Gasteiger partial charge >= 0.3 is 0 Å². The van der Waals surface area contributed by atoms with E-state index in [1.165, 1.54) is 10.5 Å². The SMILES string of the molecule is COC(Cl)CSc1ccccc1C. The molecule has 0 aliphatic heterocycles. The third-order valence-electron chi connectivity index (χ3n) is 1.72. The Hall–Kier alpha value is -0.180. The van der Waals surface area contributed by atoms with Crippen LogP contribution in [0.15, 0.2) is 29.2 Å². The number of rotatable bonds is 4. The van der Waals surface area contributed by atoms with Gasteiger partial charge in [0, 0.05) is 17.8 Å². The topological polar surface area (TPSA) is 9.23 Å². The van der Waals surface area contributed by atoms with Crippen molar-refractivity contribution in [1.82, 2.24) is 0 Å². The van der Waals surface area contributed by atoms with E-state index in [2.05, 4.69) is 19.1 Å². The minimum Gasteiger partial charge on any atom is -0.365 e. The van der Waals surface area contributed by atoms with Crippen molar-refractivity contribution < 1.29 is 4.74 Å². The van der Waals surface area contributed by atoms with E-state index in [4.69, 9.17) is 16.3 Å². The Labute approximate surface area is 88.4 Å². The molecule has 0 radical (unpaired) electrons. The third kappa shape index (κ3) is 3.59. The van der Waals surface area contributed by atoms with Crippen LogP contribution in [0.4, 0.5) is 0 Å². The Morgan fingerprint density at radius 1 is 1.46 bits per heavy atom. The monoisotopic (exact) mass is 216 g/mol. The maximum Gasteiger partial charge on any atom is 0.140 e. The number of aryl methyl sites for hydroxylation is 1. The average molecular weight is 217 g/mol. The second-order valence-corrected chi connectivity index (χ2v) is 4.27. The summed E-state index contributed by atoms with van der Waals surface area (Å²) in [4.78, 5) is 1.27. The normalized spacial score (nSPS) is 12.8. The van der Waals surface area contributed by atoms with Crippen molar-refractivity contribution in [2.75, 3.05) is 12.9 Å². The maximum absolute atomic E-state index is 5.82. The van der Waals surface area contributed by atoms with Crippen molar-refractivity contribution in [2.24, 2.45) is 0 Å². The Bertz CT molecular complexity index is 265. The van der Waals surface area contributed by atoms with Gasteiger partial charge in [-0.05, 0) is 18.6 Å². The summed E-state index contributed by atoms with van der Waals surface area (Å²) in [6.07, 6.45) is 0. The Kier molecular flexibility index (Phi) is 4.64. The number of halogens is 1. The summed E-state index contributed by atoms with van der Waals surface area (Å²) in [6.45, 7) is 2.10. The fourth-order valence-corrected chi connectivity index (χ4v) is 2.05. The van der Waals surface area contributed by atoms with Crippen LogP contribution in [0.5, 0.6) is 0 Å². The standard InChI is InChI=1S/C10H13ClOS/c1-8-5-3-4-6-9(8)13-7-10(11)12-2/h3-6,10H,7H2,1-2H3. The summed E-state index contributed by atoms with van der Waals surface area (Å²) >= 11 is 7.55. The van der Waals surface area contributed by atoms with E-state index in [0.29, 0.717) is 0 Å². The number of alkyl halides is 1. The van der Waals surface area contributed by atoms with Crippen LogP contribution in [-0.4, -0.2) is 18.4 Å². The zero-order chi connectivity index (χ0) is 9.68. The van der Waals surface area contributed by atoms with Gasteiger partial charge in [0.2, 0.25) is 0 Å². The number of benzene rings is 1. The average Bonchev–Trinajstić information content (AvgIpc) is 2.16. The molecule has 0 aliphatic rings. The molecule has 0 N–H and O–H groups in total. The first-order valence-corrected chi connectivity index (χ1v) is 5.51. The van der Waals surface area contributed by atoms with Crippen molar-refractivity contribution in [2.45, 2.75) is 17.4 Å². The fourth-order valence-electron chi connectivity index (χ4n) is 0.942. The molecule has 0 aromatic heterocycles. The molecule has 0 saturated heterocycles. The number of hydrogen-bond donors (Lipinski definition) is 0. The second kappa shape index (κ2) is 5.53. The molecule has 0 aliphatic carbocycles. The quantitative estimate of drug-likeness (QED) is 0.564. The lowest BCUT2D eigenvalue weighted by Gasteiger charge is -2.08. The van der Waals surface area contributed by atoms with Crippen LogP contribution in [0.2, 0.25) is 0 Å². The third-order valence-corrected chi connectivity index (χ3v) is 3.47. The number of methoxy groups -OCH3 is 1. The van der Waals surface area contributed by atoms with Crippen molar-refractivity contribution in [3.63, 3.8) is 0 Å². The Morgan fingerprint density at radius 2 is 2.15 bits per heavy atom. The highest BCUT2D eigenvalue weighted by Gasteiger charge is 2.03. The van der Waals surface area contributed by atoms with E-state index >= 15 is 0 Å². The molecule has 1 aromatic carbocycles. The van der Waals surface area contributed by atoms with Gasteiger partial charge in [0.15, 0.2) is 0 Å². The molecule has 0 amide bonds. The van der Waals surface area contributed by atoms with Gasteiger partial charge in [-0.25, -0.2) is 0 Å². The molecular formula is C10H13ClOS. The molecule has 0 heterocycles. The molecule has 1 unspecified atom stereocenters. The second-order valence-electron chi connectivity index (χ2n) is 2.72. The van der Waals surface area contributed by atoms with E-state index in [9.17, 15) is 0 Å². The van der Waals surface area contributed by atoms with Gasteiger partial charge in [0.05, 0.1) is 0 Å². The molecule has 0 fully saturated rings. The maximum atomic E-state index is 5.82. The molecule has 1 rings (SSSR count). The van der Waals surface area contributed by atoms with E-state index in [0.717, 1.165) is 5.75 Å². The van der Waals surface area contributed by atoms with Crippen LogP contribution >= 0.6 is 23.4 Å². The van der Waals surface area contributed by atoms with E-state index in [1.807, 2.05) is 12.1 Å². The molecule has 3 heteroatoms. The molecular weight excluding hydrogens is 204 g/mol. The summed E-state index contributed by atoms with van der Waals surface area (Å²) in [5.41, 5.74) is 1.08. The Balaban J connectivity index is 2.50. The summed E-state index contributed by atoms with van der Waals surface area (Å²) in [6, 6.07) is 8.26. The molecule has 0 saturated carbocycles. The van der Waals surface area contributed by atoms with Crippen LogP contribution < -0.4 is 0 Å². The van der Waals surface area contributed by atoms with Crippen LogP contribution in [-0.2, 0) is 4.74 Å². The highest BCUT2D eigenvalue weighted by molar-refractivity contribution is 7.99. The highest BCUT2D eigenvalue weighted by Crippen LogP contribution is 2.23. The largest absolute Gasteiger partial charge is 0.365 e. The molecule has 72 valence electrons. The van der Waals surface area contributed by atoms with E-state index in [1.54, 1.807) is 18.9 Å². The number of thioether (sulfide) groups is 1. The minimum atomic E-state index is -0.204. The first kappa shape index (κ1) is 10.9. The lowest BCUT2D eigenvalue weighted by molar-refractivity contribution is 0.185. The zero-order valence-electron chi connectivity index (χ0n) is 7.79. The van der Waals surface area contributed by atoms with Gasteiger partial charge in [-0.15, -0.1) is 11.8 Å². The lowest BCUT2D eigenvalue weighted by Crippen LogP contribution is -2.03. The first-order chi connectivity index (χ1) is 6.24. The van der Waals surface area contributed by atoms with E-state index in [-0.39, 0.29) is 5.56 Å². The summed E-state index contributed by atoms with van der Waals surface area (Å²) < 4.78 is 4.96. The molecule has 1 nitrogen and oxygen atoms in total. The Morgan fingerprint density at radius 3 is 2.77 bits per heavy atom. The van der Waals surface area contributed by atoms with Crippen LogP contribution in [0, 0.1) is 6.92 Å². The van der Waals surface area contributed by atoms with Gasteiger partial charge in [0.25, 0.3) is 0 Å². The summed E-state index contributed by atoms with van der Waals surface area (Å²) in [5, 5.41) is 0. The highest BCUT2D eigenvalue weighted by atomic mass is 35.5. The molecule has 1 atom stereocenters. The van der Waals surface area contributed by atoms with Crippen molar-refractivity contribution >= 4 is 23.4 Å². The summed E-state index contributed by atoms with van der Waals surface area (Å²) in [5.74, 6) is 0.781. The van der Waals surface area contributed by atoms with Gasteiger partial charge in [-0.3, -0.25) is 0 Å². The number of hydrogen-bond acceptors (Lipinski definition) is 2. The minimum absolute atomic E-state index is 0.204. The van der Waals surface area contributed by atoms with E-state index < -0.39 is 0 Å². The molecule has 13 heavy (non-hydrogen) atoms. The van der Waals surface area contributed by atoms with Gasteiger partial charge in [0.1, 0.15) is 5.56 Å². The van der Waals surface area contributed by atoms with Crippen LogP contribution in [0.3, 0.4) is 0 Å². The molecule has 0 bridgehead atoms. The van der Waals surface area contributed by atoms with Crippen molar-refractivity contribution in [1.29, 1.82) is 0 Å². The molecule has 1 aromatic rings.